The van der Waals surface area contributed by atoms with Crippen LogP contribution in [-0.4, -0.2) is 9.59 Å². The van der Waals surface area contributed by atoms with E-state index >= 15 is 0 Å². The summed E-state index contributed by atoms with van der Waals surface area (Å²) in [5, 5.41) is 4.14. The number of benzene rings is 1. The molecule has 0 spiro atoms. The van der Waals surface area contributed by atoms with Gasteiger partial charge in [0.2, 0.25) is 0 Å². The number of rotatable bonds is 0. The minimum atomic E-state index is 1.06. The van der Waals surface area contributed by atoms with E-state index in [4.69, 9.17) is 0 Å². The Balaban J connectivity index is 3.02. The number of fused-ring (bicyclic) bond motifs is 1. The highest BCUT2D eigenvalue weighted by Crippen LogP contribution is 2.30. The van der Waals surface area contributed by atoms with Crippen molar-refractivity contribution in [3.63, 3.8) is 0 Å². The van der Waals surface area contributed by atoms with E-state index < -0.39 is 0 Å². The highest BCUT2D eigenvalue weighted by molar-refractivity contribution is 14.1. The second kappa shape index (κ2) is 3.16. The van der Waals surface area contributed by atoms with E-state index in [0.717, 1.165) is 5.52 Å². The van der Waals surface area contributed by atoms with Crippen molar-refractivity contribution in [2.45, 2.75) is 20.8 Å². The highest BCUT2D eigenvalue weighted by Gasteiger charge is 2.12. The molecule has 0 fully saturated rings. The SMILES string of the molecule is Cc1c(C)c(C)c2snnc2c1I. The second-order valence-corrected chi connectivity index (χ2v) is 4.97. The molecule has 0 saturated carbocycles. The highest BCUT2D eigenvalue weighted by atomic mass is 127. The fraction of sp³-hybridized carbons (Fsp3) is 0.333. The molecule has 1 aromatic heterocycles. The molecule has 0 N–H and O–H groups in total. The first-order valence-corrected chi connectivity index (χ1v) is 5.85. The Kier molecular flexibility index (Phi) is 2.27. The monoisotopic (exact) mass is 304 g/mol. The van der Waals surface area contributed by atoms with Gasteiger partial charge in [0.1, 0.15) is 5.52 Å². The van der Waals surface area contributed by atoms with E-state index in [1.807, 2.05) is 0 Å². The summed E-state index contributed by atoms with van der Waals surface area (Å²) in [6.07, 6.45) is 0. The molecular weight excluding hydrogens is 295 g/mol. The van der Waals surface area contributed by atoms with Gasteiger partial charge in [-0.3, -0.25) is 0 Å². The van der Waals surface area contributed by atoms with E-state index in [-0.39, 0.29) is 0 Å². The van der Waals surface area contributed by atoms with Gasteiger partial charge in [-0.15, -0.1) is 5.10 Å². The zero-order valence-electron chi connectivity index (χ0n) is 7.68. The molecule has 0 unspecified atom stereocenters. The van der Waals surface area contributed by atoms with Crippen molar-refractivity contribution < 1.29 is 0 Å². The van der Waals surface area contributed by atoms with Crippen molar-refractivity contribution in [3.8, 4) is 0 Å². The van der Waals surface area contributed by atoms with Crippen LogP contribution >= 0.6 is 34.1 Å². The van der Waals surface area contributed by atoms with Crippen LogP contribution in [-0.2, 0) is 0 Å². The van der Waals surface area contributed by atoms with Crippen molar-refractivity contribution in [1.29, 1.82) is 0 Å². The Labute approximate surface area is 94.7 Å². The van der Waals surface area contributed by atoms with Crippen LogP contribution in [0, 0.1) is 24.3 Å². The molecular formula is C9H9IN2S. The van der Waals surface area contributed by atoms with Crippen LogP contribution in [0.3, 0.4) is 0 Å². The number of hydrogen-bond acceptors (Lipinski definition) is 3. The van der Waals surface area contributed by atoms with Gasteiger partial charge in [-0.05, 0) is 71.6 Å². The summed E-state index contributed by atoms with van der Waals surface area (Å²) >= 11 is 3.83. The smallest absolute Gasteiger partial charge is 0.119 e. The van der Waals surface area contributed by atoms with Gasteiger partial charge in [0, 0.05) is 3.57 Å². The summed E-state index contributed by atoms with van der Waals surface area (Å²) in [5.41, 5.74) is 5.08. The van der Waals surface area contributed by atoms with Crippen LogP contribution in [0.15, 0.2) is 0 Å². The number of aromatic nitrogens is 2. The molecule has 68 valence electrons. The summed E-state index contributed by atoms with van der Waals surface area (Å²) in [7, 11) is 0. The zero-order chi connectivity index (χ0) is 9.59. The Morgan fingerprint density at radius 3 is 2.46 bits per heavy atom. The van der Waals surface area contributed by atoms with Crippen LogP contribution in [0.4, 0.5) is 0 Å². The first kappa shape index (κ1) is 9.33. The normalized spacial score (nSPS) is 11.1. The molecule has 1 aromatic carbocycles. The largest absolute Gasteiger partial charge is 0.137 e. The van der Waals surface area contributed by atoms with Crippen molar-refractivity contribution in [2.75, 3.05) is 0 Å². The standard InChI is InChI=1S/C9H9IN2S/c1-4-5(2)7(10)8-9(6(4)3)13-12-11-8/h1-3H3. The lowest BCUT2D eigenvalue weighted by molar-refractivity contribution is 1.18. The number of hydrogen-bond donors (Lipinski definition) is 0. The summed E-state index contributed by atoms with van der Waals surface area (Å²) in [6.45, 7) is 6.44. The molecule has 0 aliphatic rings. The van der Waals surface area contributed by atoms with E-state index in [2.05, 4.69) is 52.9 Å². The van der Waals surface area contributed by atoms with E-state index in [0.29, 0.717) is 0 Å². The van der Waals surface area contributed by atoms with Gasteiger partial charge in [0.05, 0.1) is 4.70 Å². The molecule has 4 heteroatoms. The van der Waals surface area contributed by atoms with Crippen LogP contribution in [0.25, 0.3) is 10.2 Å². The quantitative estimate of drug-likeness (QED) is 0.698. The van der Waals surface area contributed by atoms with Crippen molar-refractivity contribution in [3.05, 3.63) is 20.3 Å². The predicted molar refractivity (Wildman–Crippen MR) is 64.3 cm³/mol. The average molecular weight is 304 g/mol. The summed E-state index contributed by atoms with van der Waals surface area (Å²) in [6, 6.07) is 0. The lowest BCUT2D eigenvalue weighted by Gasteiger charge is -2.07. The Morgan fingerprint density at radius 1 is 1.08 bits per heavy atom. The average Bonchev–Trinajstić information content (AvgIpc) is 2.59. The van der Waals surface area contributed by atoms with Crippen LogP contribution in [0.2, 0.25) is 0 Å². The molecule has 2 rings (SSSR count). The molecule has 2 aromatic rings. The fourth-order valence-electron chi connectivity index (χ4n) is 1.37. The predicted octanol–water partition coefficient (Wildman–Crippen LogP) is 3.22. The lowest BCUT2D eigenvalue weighted by atomic mass is 10.0. The minimum Gasteiger partial charge on any atom is -0.137 e. The minimum absolute atomic E-state index is 1.06. The zero-order valence-corrected chi connectivity index (χ0v) is 10.7. The van der Waals surface area contributed by atoms with Gasteiger partial charge in [0.15, 0.2) is 0 Å². The second-order valence-electron chi connectivity index (χ2n) is 3.14. The van der Waals surface area contributed by atoms with Gasteiger partial charge in [-0.25, -0.2) is 0 Å². The van der Waals surface area contributed by atoms with Gasteiger partial charge in [-0.2, -0.15) is 0 Å². The maximum Gasteiger partial charge on any atom is 0.119 e. The Morgan fingerprint density at radius 2 is 1.77 bits per heavy atom. The molecule has 2 nitrogen and oxygen atoms in total. The van der Waals surface area contributed by atoms with E-state index in [1.165, 1.54) is 36.5 Å². The summed E-state index contributed by atoms with van der Waals surface area (Å²) in [4.78, 5) is 0. The van der Waals surface area contributed by atoms with Crippen molar-refractivity contribution >= 4 is 44.3 Å². The van der Waals surface area contributed by atoms with Gasteiger partial charge in [-0.1, -0.05) is 4.49 Å². The van der Waals surface area contributed by atoms with E-state index in [1.54, 1.807) is 0 Å². The molecule has 0 amide bonds. The molecule has 0 atom stereocenters. The molecule has 0 radical (unpaired) electrons. The van der Waals surface area contributed by atoms with Crippen molar-refractivity contribution in [1.82, 2.24) is 9.59 Å². The van der Waals surface area contributed by atoms with Crippen LogP contribution < -0.4 is 0 Å². The van der Waals surface area contributed by atoms with Crippen LogP contribution in [0.5, 0.6) is 0 Å². The Hall–Kier alpha value is -0.230. The van der Waals surface area contributed by atoms with E-state index in [9.17, 15) is 0 Å². The fourth-order valence-corrected chi connectivity index (χ4v) is 3.06. The summed E-state index contributed by atoms with van der Waals surface area (Å²) in [5.74, 6) is 0. The topological polar surface area (TPSA) is 25.8 Å². The molecule has 0 bridgehead atoms. The lowest BCUT2D eigenvalue weighted by Crippen LogP contribution is -1.91. The summed E-state index contributed by atoms with van der Waals surface area (Å²) < 4.78 is 6.46. The first-order valence-electron chi connectivity index (χ1n) is 4.00. The third-order valence-corrected chi connectivity index (χ3v) is 4.66. The number of aryl methyl sites for hydroxylation is 1. The molecule has 0 saturated heterocycles. The van der Waals surface area contributed by atoms with Gasteiger partial charge < -0.3 is 0 Å². The molecule has 0 aliphatic heterocycles. The third kappa shape index (κ3) is 1.27. The molecule has 13 heavy (non-hydrogen) atoms. The number of halogens is 1. The van der Waals surface area contributed by atoms with Gasteiger partial charge >= 0.3 is 0 Å². The van der Waals surface area contributed by atoms with Crippen LogP contribution in [0.1, 0.15) is 16.7 Å². The molecule has 1 heterocycles. The maximum atomic E-state index is 4.14. The van der Waals surface area contributed by atoms with Gasteiger partial charge in [0.25, 0.3) is 0 Å². The third-order valence-electron chi connectivity index (χ3n) is 2.49. The number of nitrogens with zero attached hydrogens (tertiary/aromatic N) is 2. The molecule has 0 aliphatic carbocycles. The van der Waals surface area contributed by atoms with Crippen molar-refractivity contribution in [2.24, 2.45) is 0 Å². The Bertz CT molecular complexity index is 434. The maximum absolute atomic E-state index is 4.14. The first-order chi connectivity index (χ1) is 6.13.